The number of hydrogen-bond donors (Lipinski definition) is 2. The molecule has 3 N–H and O–H groups in total. The van der Waals surface area contributed by atoms with E-state index in [2.05, 4.69) is 45.4 Å². The standard InChI is InChI=1S/C25H27F3N6O3.C14H16F2N4O.C11H12ClFN2O2.C6H9ClO2.C4H3ClFN3.2H2S/c26-18-11-17(12-19(27)13-18)22-1-4-30-34(22)25(36)33-7-5-32(6-8-33)24-29-15-20(28)21(31-24)14-23(35)16-2-9-37-10-3-16;15-11-7-10(8-12(16)9-11)13-1-2-18-20(13)14(21)19-5-3-17-4-6-19;12-11-14-6-8(13)9(15-11)5-10(16)7-1-3-17-4-2-7;7-6(8)5-1-3-9-4-2-5;5-4-8-1-2(6)3(7)9-4;;/h4,11-13,15-16,22H,1-3,5-10,14H2;2,7-9,13,17H,1,3-6H2;6-7H,1-5H2;5H,1-4H2;1H,(H2,7,8,9);2*1H2/t22-;13-;;;;;/m00...../s1. The van der Waals surface area contributed by atoms with E-state index < -0.39 is 52.8 Å². The normalized spacial score (nSPS) is 18.9. The van der Waals surface area contributed by atoms with Crippen LogP contribution in [0.3, 0.4) is 0 Å². The van der Waals surface area contributed by atoms with Crippen LogP contribution in [0, 0.1) is 58.5 Å². The average Bonchev–Trinajstić information content (AvgIpc) is 1.78. The van der Waals surface area contributed by atoms with Gasteiger partial charge in [0.2, 0.25) is 21.8 Å². The molecular formula is C60H71Cl3F7N15O8S2. The van der Waals surface area contributed by atoms with Crippen molar-refractivity contribution in [3.63, 3.8) is 0 Å². The number of piperazine rings is 2. The molecule has 0 aliphatic carbocycles. The van der Waals surface area contributed by atoms with E-state index in [1.807, 2.05) is 4.90 Å². The Balaban J connectivity index is 0.000000208. The van der Waals surface area contributed by atoms with Crippen molar-refractivity contribution in [2.45, 2.75) is 76.3 Å². The number of benzene rings is 2. The zero-order valence-corrected chi connectivity index (χ0v) is 55.4. The number of Topliss-reactive ketones (excluding diaryl/α,β-unsaturated/α-hetero) is 2. The molecule has 4 amide bonds. The Hall–Kier alpha value is -6.91. The molecule has 516 valence electrons. The summed E-state index contributed by atoms with van der Waals surface area (Å²) in [5.41, 5.74) is 5.91. The molecule has 5 aromatic rings. The second-order valence-corrected chi connectivity index (χ2v) is 23.0. The highest BCUT2D eigenvalue weighted by Crippen LogP contribution is 2.33. The Kier molecular flexibility index (Phi) is 31.0. The van der Waals surface area contributed by atoms with Crippen molar-refractivity contribution >= 4 is 115 Å². The lowest BCUT2D eigenvalue weighted by Crippen LogP contribution is -2.52. The minimum Gasteiger partial charge on any atom is -0.381 e. The first-order valence-electron chi connectivity index (χ1n) is 29.9. The maximum Gasteiger partial charge on any atom is 0.341 e. The van der Waals surface area contributed by atoms with Gasteiger partial charge in [0.15, 0.2) is 23.3 Å². The van der Waals surface area contributed by atoms with Gasteiger partial charge in [-0.05, 0) is 109 Å². The summed E-state index contributed by atoms with van der Waals surface area (Å²) < 4.78 is 110. The number of hydrazone groups is 2. The number of nitrogens with zero attached hydrogens (tertiary/aromatic N) is 13. The number of carbonyl (C=O) groups excluding carboxylic acids is 5. The summed E-state index contributed by atoms with van der Waals surface area (Å²) in [4.78, 5) is 88.1. The molecule has 23 nitrogen and oxygen atoms in total. The number of ketones is 2. The molecule has 10 heterocycles. The van der Waals surface area contributed by atoms with Crippen molar-refractivity contribution in [2.75, 3.05) is 103 Å². The Morgan fingerprint density at radius 1 is 0.516 bits per heavy atom. The minimum atomic E-state index is -0.712. The van der Waals surface area contributed by atoms with Gasteiger partial charge in [-0.25, -0.2) is 75.3 Å². The molecular weight excluding hydrogens is 1360 g/mol. The topological polar surface area (TPSA) is 269 Å². The predicted octanol–water partition coefficient (Wildman–Crippen LogP) is 8.89. The van der Waals surface area contributed by atoms with Gasteiger partial charge in [0.05, 0.1) is 54.9 Å². The molecule has 0 radical (unpaired) electrons. The van der Waals surface area contributed by atoms with Gasteiger partial charge in [-0.1, -0.05) is 0 Å². The smallest absolute Gasteiger partial charge is 0.341 e. The van der Waals surface area contributed by atoms with Crippen molar-refractivity contribution in [3.8, 4) is 0 Å². The lowest BCUT2D eigenvalue weighted by Gasteiger charge is -2.37. The Labute approximate surface area is 571 Å². The number of rotatable bonds is 10. The summed E-state index contributed by atoms with van der Waals surface area (Å²) in [5, 5.41) is 13.7. The maximum absolute atomic E-state index is 14.4. The molecule has 7 aliphatic heterocycles. The van der Waals surface area contributed by atoms with Crippen LogP contribution in [-0.4, -0.2) is 183 Å². The van der Waals surface area contributed by atoms with Gasteiger partial charge in [0.25, 0.3) is 0 Å². The van der Waals surface area contributed by atoms with E-state index in [1.165, 1.54) is 34.3 Å². The van der Waals surface area contributed by atoms with Crippen LogP contribution < -0.4 is 16.0 Å². The number of anilines is 2. The summed E-state index contributed by atoms with van der Waals surface area (Å²) in [5.74, 6) is -4.72. The van der Waals surface area contributed by atoms with Crippen LogP contribution in [0.2, 0.25) is 10.6 Å². The highest BCUT2D eigenvalue weighted by atomic mass is 35.5. The quantitative estimate of drug-likeness (QED) is 0.0750. The van der Waals surface area contributed by atoms with Gasteiger partial charge in [0, 0.05) is 147 Å². The zero-order valence-electron chi connectivity index (χ0n) is 51.1. The molecule has 5 fully saturated rings. The summed E-state index contributed by atoms with van der Waals surface area (Å²) >= 11 is 16.1. The lowest BCUT2D eigenvalue weighted by atomic mass is 9.92. The van der Waals surface area contributed by atoms with Gasteiger partial charge in [-0.15, -0.1) is 0 Å². The molecule has 5 saturated heterocycles. The monoisotopic (exact) mass is 1430 g/mol. The minimum absolute atomic E-state index is 0. The first kappa shape index (κ1) is 77.1. The van der Waals surface area contributed by atoms with Crippen molar-refractivity contribution in [1.82, 2.24) is 55.0 Å². The van der Waals surface area contributed by atoms with Crippen LogP contribution >= 0.6 is 61.8 Å². The second kappa shape index (κ2) is 38.1. The molecule has 0 bridgehead atoms. The van der Waals surface area contributed by atoms with E-state index >= 15 is 0 Å². The first-order valence-corrected chi connectivity index (χ1v) is 31.0. The highest BCUT2D eigenvalue weighted by molar-refractivity contribution is 7.59. The van der Waals surface area contributed by atoms with Crippen molar-refractivity contribution in [3.05, 3.63) is 129 Å². The molecule has 2 aromatic carbocycles. The van der Waals surface area contributed by atoms with Gasteiger partial charge in [0.1, 0.15) is 34.8 Å². The van der Waals surface area contributed by atoms with Crippen LogP contribution in [0.15, 0.2) is 65.2 Å². The third-order valence-electron chi connectivity index (χ3n) is 15.7. The number of nitrogen functional groups attached to an aromatic ring is 1. The van der Waals surface area contributed by atoms with E-state index in [9.17, 15) is 54.7 Å². The molecule has 7 aliphatic rings. The third kappa shape index (κ3) is 22.9. The number of halogens is 10. The van der Waals surface area contributed by atoms with Crippen LogP contribution in [0.5, 0.6) is 0 Å². The van der Waals surface area contributed by atoms with Crippen LogP contribution in [0.1, 0.15) is 86.0 Å². The van der Waals surface area contributed by atoms with E-state index in [4.69, 9.17) is 54.7 Å². The average molecular weight is 1430 g/mol. The highest BCUT2D eigenvalue weighted by Gasteiger charge is 2.36. The molecule has 0 unspecified atom stereocenters. The van der Waals surface area contributed by atoms with Gasteiger partial charge in [-0.2, -0.15) is 42.2 Å². The zero-order chi connectivity index (χ0) is 66.6. The predicted molar refractivity (Wildman–Crippen MR) is 347 cm³/mol. The van der Waals surface area contributed by atoms with Gasteiger partial charge in [-0.3, -0.25) is 14.4 Å². The van der Waals surface area contributed by atoms with Gasteiger partial charge < -0.3 is 40.0 Å². The molecule has 3 aromatic heterocycles. The number of carbonyl (C=O) groups is 5. The van der Waals surface area contributed by atoms with Crippen molar-refractivity contribution < 1.29 is 68.9 Å². The largest absolute Gasteiger partial charge is 0.381 e. The fraction of sp³-hybridized carbons (Fsp3) is 0.483. The summed E-state index contributed by atoms with van der Waals surface area (Å²) in [6.07, 6.45) is 11.1. The molecule has 35 heteroatoms. The van der Waals surface area contributed by atoms with Crippen LogP contribution in [-0.2, 0) is 41.4 Å². The second-order valence-electron chi connectivity index (χ2n) is 22.0. The summed E-state index contributed by atoms with van der Waals surface area (Å²) in [6, 6.07) is 4.89. The number of hydrogen-bond acceptors (Lipinski definition) is 19. The third-order valence-corrected chi connectivity index (χ3v) is 16.4. The number of urea groups is 2. The number of nitrogens with two attached hydrogens (primary N) is 1. The molecule has 0 saturated carbocycles. The maximum atomic E-state index is 14.4. The van der Waals surface area contributed by atoms with E-state index in [0.717, 1.165) is 56.7 Å². The van der Waals surface area contributed by atoms with E-state index in [-0.39, 0.29) is 114 Å². The number of ether oxygens (including phenoxy) is 3. The van der Waals surface area contributed by atoms with Crippen LogP contribution in [0.4, 0.5) is 52.1 Å². The Morgan fingerprint density at radius 3 is 1.32 bits per heavy atom. The van der Waals surface area contributed by atoms with Crippen molar-refractivity contribution in [1.29, 1.82) is 0 Å². The molecule has 95 heavy (non-hydrogen) atoms. The first-order chi connectivity index (χ1) is 44.7. The number of amides is 4. The summed E-state index contributed by atoms with van der Waals surface area (Å²) in [6.45, 7) is 7.72. The van der Waals surface area contributed by atoms with E-state index in [0.29, 0.717) is 135 Å². The SMILES string of the molecule is Nc1nc(Cl)ncc1F.O=C(Cc1nc(Cl)ncc1F)C1CCOCC1.O=C(Cc1nc(N2CCN(C(=O)N3N=CC[C@H]3c3cc(F)cc(F)c3)CC2)ncc1F)C1CCOCC1.O=C(Cl)C1CCOCC1.O=C(N1CCNCC1)N1N=CC[C@H]1c1cc(F)cc(F)c1.S.S. The Bertz CT molecular complexity index is 3430. The molecule has 2 atom stereocenters. The lowest BCUT2D eigenvalue weighted by molar-refractivity contribution is -0.125. The van der Waals surface area contributed by atoms with Crippen LogP contribution in [0.25, 0.3) is 0 Å². The molecule has 12 rings (SSSR count). The van der Waals surface area contributed by atoms with E-state index in [1.54, 1.807) is 22.2 Å². The van der Waals surface area contributed by atoms with Crippen molar-refractivity contribution in [2.24, 2.45) is 28.0 Å². The summed E-state index contributed by atoms with van der Waals surface area (Å²) in [7, 11) is 0. The number of aromatic nitrogens is 6. The fourth-order valence-electron chi connectivity index (χ4n) is 10.6. The Morgan fingerprint density at radius 2 is 0.905 bits per heavy atom. The molecule has 0 spiro atoms. The number of nitrogens with one attached hydrogen (secondary N) is 1. The fourth-order valence-corrected chi connectivity index (χ4v) is 11.1. The van der Waals surface area contributed by atoms with Gasteiger partial charge >= 0.3 is 12.1 Å².